The van der Waals surface area contributed by atoms with Crippen LogP contribution >= 0.6 is 0 Å². The Bertz CT molecular complexity index is 515. The molecule has 23 heavy (non-hydrogen) atoms. The van der Waals surface area contributed by atoms with Gasteiger partial charge in [0.25, 0.3) is 0 Å². The molecule has 0 spiro atoms. The van der Waals surface area contributed by atoms with E-state index in [2.05, 4.69) is 15.9 Å². The first-order chi connectivity index (χ1) is 10.7. The molecule has 3 heterocycles. The predicted molar refractivity (Wildman–Crippen MR) is 78.3 cm³/mol. The predicted octanol–water partition coefficient (Wildman–Crippen LogP) is 1.65. The van der Waals surface area contributed by atoms with Crippen molar-refractivity contribution in [1.29, 1.82) is 0 Å². The number of ether oxygens (including phenoxy) is 6. The van der Waals surface area contributed by atoms with Gasteiger partial charge in [0.05, 0.1) is 0 Å². The summed E-state index contributed by atoms with van der Waals surface area (Å²) in [5.74, 6) is -0.568. The number of rotatable bonds is 4. The third kappa shape index (κ3) is 3.72. The quantitative estimate of drug-likeness (QED) is 0.756. The van der Waals surface area contributed by atoms with E-state index in [1.807, 2.05) is 40.7 Å². The summed E-state index contributed by atoms with van der Waals surface area (Å²) in [7, 11) is 0. The first-order valence-corrected chi connectivity index (χ1v) is 8.57. The van der Waals surface area contributed by atoms with Crippen LogP contribution in [0.25, 0.3) is 0 Å². The Morgan fingerprint density at radius 1 is 1.17 bits per heavy atom. The van der Waals surface area contributed by atoms with Crippen LogP contribution in [-0.4, -0.2) is 53.8 Å². The van der Waals surface area contributed by atoms with Crippen molar-refractivity contribution in [3.8, 4) is 0 Å². The summed E-state index contributed by atoms with van der Waals surface area (Å²) in [4.78, 5) is 0. The van der Waals surface area contributed by atoms with Gasteiger partial charge in [0.15, 0.2) is 0 Å². The topological polar surface area (TPSA) is 55.4 Å². The van der Waals surface area contributed by atoms with E-state index in [1.165, 1.54) is 0 Å². The van der Waals surface area contributed by atoms with Gasteiger partial charge in [0, 0.05) is 0 Å². The van der Waals surface area contributed by atoms with E-state index in [0.717, 1.165) is 0 Å². The van der Waals surface area contributed by atoms with Gasteiger partial charge >= 0.3 is 144 Å². The summed E-state index contributed by atoms with van der Waals surface area (Å²) < 4.78 is 35.9. The van der Waals surface area contributed by atoms with E-state index in [4.69, 9.17) is 28.4 Å². The van der Waals surface area contributed by atoms with Crippen LogP contribution < -0.4 is 0 Å². The second-order valence-corrected chi connectivity index (χ2v) is 7.40. The van der Waals surface area contributed by atoms with E-state index in [1.54, 1.807) is 0 Å². The summed E-state index contributed by atoms with van der Waals surface area (Å²) in [6.45, 7) is 10.6. The second kappa shape index (κ2) is 6.23. The van der Waals surface area contributed by atoms with Gasteiger partial charge in [-0.2, -0.15) is 0 Å². The molecule has 7 heteroatoms. The zero-order valence-electron chi connectivity index (χ0n) is 14.2. The molecule has 0 saturated carbocycles. The standard InChI is InChI=1S/C16H24O6.Cr/c1-6-17-8-7-10-13-14(22-16(4,5)21-13)12(19-10)11-9-18-15(2,3)20-11;/h7,11-14H,6,9H2,1-5H3;/b10-7-;/t11-,12+,13+,14-;/m0./s1. The van der Waals surface area contributed by atoms with Crippen molar-refractivity contribution in [2.75, 3.05) is 13.2 Å². The van der Waals surface area contributed by atoms with Crippen molar-refractivity contribution in [3.05, 3.63) is 11.8 Å². The van der Waals surface area contributed by atoms with Crippen molar-refractivity contribution in [2.45, 2.75) is 70.6 Å². The zero-order chi connectivity index (χ0) is 16.8. The monoisotopic (exact) mass is 364 g/mol. The summed E-state index contributed by atoms with van der Waals surface area (Å²) in [5.41, 5.74) is 0. The van der Waals surface area contributed by atoms with E-state index in [0.29, 0.717) is 23.5 Å². The summed E-state index contributed by atoms with van der Waals surface area (Å²) in [6.07, 6.45) is 0.855. The van der Waals surface area contributed by atoms with Crippen LogP contribution in [0.3, 0.4) is 0 Å². The molecule has 130 valence electrons. The van der Waals surface area contributed by atoms with Gasteiger partial charge in [-0.1, -0.05) is 0 Å². The zero-order valence-corrected chi connectivity index (χ0v) is 15.4. The molecule has 0 radical (unpaired) electrons. The van der Waals surface area contributed by atoms with Gasteiger partial charge in [-0.05, 0) is 0 Å². The molecule has 0 unspecified atom stereocenters. The van der Waals surface area contributed by atoms with Crippen LogP contribution in [0, 0.1) is 0 Å². The molecular formula is C16H24CrO6. The Hall–Kier alpha value is -0.258. The van der Waals surface area contributed by atoms with Crippen LogP contribution in [-0.2, 0) is 44.3 Å². The Labute approximate surface area is 145 Å². The molecule has 0 aromatic carbocycles. The second-order valence-electron chi connectivity index (χ2n) is 6.77. The molecule has 0 aliphatic carbocycles. The van der Waals surface area contributed by atoms with Gasteiger partial charge < -0.3 is 0 Å². The molecule has 3 aliphatic heterocycles. The summed E-state index contributed by atoms with van der Waals surface area (Å²) in [5, 5.41) is 0. The van der Waals surface area contributed by atoms with Crippen molar-refractivity contribution >= 4 is 4.57 Å². The molecule has 0 N–H and O–H groups in total. The molecule has 3 fully saturated rings. The molecule has 3 rings (SSSR count). The third-order valence-corrected chi connectivity index (χ3v) is 4.32. The van der Waals surface area contributed by atoms with Crippen LogP contribution in [0.15, 0.2) is 11.8 Å². The molecule has 0 bridgehead atoms. The first kappa shape index (κ1) is 17.6. The fourth-order valence-electron chi connectivity index (χ4n) is 3.12. The van der Waals surface area contributed by atoms with Crippen LogP contribution in [0.4, 0.5) is 0 Å². The molecule has 0 aromatic heterocycles. The Morgan fingerprint density at radius 2 is 1.91 bits per heavy atom. The normalized spacial score (nSPS) is 39.4. The SMILES string of the molecule is CCO[C](=[Cr])/C=C1\O[C@H]([C@@H]2COC(C)(C)O2)[C@@H]2OC(C)(C)O[C@H]12. The van der Waals surface area contributed by atoms with Crippen molar-refractivity contribution < 1.29 is 44.3 Å². The molecule has 4 atom stereocenters. The Kier molecular flexibility index (Phi) is 4.76. The van der Waals surface area contributed by atoms with Gasteiger partial charge in [-0.15, -0.1) is 0 Å². The van der Waals surface area contributed by atoms with Crippen molar-refractivity contribution in [2.24, 2.45) is 0 Å². The Morgan fingerprint density at radius 3 is 2.52 bits per heavy atom. The van der Waals surface area contributed by atoms with Gasteiger partial charge in [-0.3, -0.25) is 0 Å². The molecule has 0 amide bonds. The minimum atomic E-state index is -0.658. The Balaban J connectivity index is 1.81. The fraction of sp³-hybridized carbons (Fsp3) is 0.812. The molecule has 0 aromatic rings. The van der Waals surface area contributed by atoms with E-state index in [9.17, 15) is 0 Å². The average molecular weight is 364 g/mol. The third-order valence-electron chi connectivity index (χ3n) is 3.95. The van der Waals surface area contributed by atoms with Crippen LogP contribution in [0.2, 0.25) is 0 Å². The van der Waals surface area contributed by atoms with Crippen LogP contribution in [0.5, 0.6) is 0 Å². The van der Waals surface area contributed by atoms with Crippen molar-refractivity contribution in [1.82, 2.24) is 0 Å². The molecular weight excluding hydrogens is 340 g/mol. The summed E-state index contributed by atoms with van der Waals surface area (Å²) >= 11 is 2.89. The average Bonchev–Trinajstić information content (AvgIpc) is 3.02. The maximum atomic E-state index is 6.10. The van der Waals surface area contributed by atoms with Gasteiger partial charge in [-0.25, -0.2) is 0 Å². The number of hydrogen-bond acceptors (Lipinski definition) is 6. The van der Waals surface area contributed by atoms with E-state index in [-0.39, 0.29) is 24.4 Å². The van der Waals surface area contributed by atoms with Gasteiger partial charge in [0.1, 0.15) is 0 Å². The van der Waals surface area contributed by atoms with Crippen molar-refractivity contribution in [3.63, 3.8) is 0 Å². The first-order valence-electron chi connectivity index (χ1n) is 7.93. The van der Waals surface area contributed by atoms with E-state index < -0.39 is 11.6 Å². The van der Waals surface area contributed by atoms with E-state index >= 15 is 0 Å². The number of hydrogen-bond donors (Lipinski definition) is 0. The maximum absolute atomic E-state index is 6.10. The molecule has 3 aliphatic rings. The fourth-order valence-corrected chi connectivity index (χ4v) is 3.49. The minimum absolute atomic E-state index is 0.197. The number of fused-ring (bicyclic) bond motifs is 1. The van der Waals surface area contributed by atoms with Gasteiger partial charge in [0.2, 0.25) is 0 Å². The molecule has 6 nitrogen and oxygen atoms in total. The summed E-state index contributed by atoms with van der Waals surface area (Å²) in [6, 6.07) is 0. The van der Waals surface area contributed by atoms with Crippen LogP contribution in [0.1, 0.15) is 34.6 Å². The molecule has 3 saturated heterocycles.